The molecule has 0 aliphatic carbocycles. The third-order valence-corrected chi connectivity index (χ3v) is 9.83. The maximum Gasteiger partial charge on any atom is 0.472 e. The van der Waals surface area contributed by atoms with Gasteiger partial charge in [-0.3, -0.25) is 18.6 Å². The van der Waals surface area contributed by atoms with Crippen LogP contribution < -0.4 is 0 Å². The molecule has 0 spiro atoms. The molecular weight excluding hydrogens is 701 g/mol. The van der Waals surface area contributed by atoms with Gasteiger partial charge in [-0.1, -0.05) is 133 Å². The predicted molar refractivity (Wildman–Crippen MR) is 224 cm³/mol. The Bertz CT molecular complexity index is 1070. The van der Waals surface area contributed by atoms with Gasteiger partial charge in [0.15, 0.2) is 6.10 Å². The fourth-order valence-electron chi connectivity index (χ4n) is 5.49. The van der Waals surface area contributed by atoms with Gasteiger partial charge in [0.2, 0.25) is 0 Å². The van der Waals surface area contributed by atoms with E-state index in [4.69, 9.17) is 18.5 Å². The molecule has 0 rings (SSSR count). The van der Waals surface area contributed by atoms with Crippen LogP contribution in [0, 0.1) is 0 Å². The highest BCUT2D eigenvalue weighted by Gasteiger charge is 2.27. The quantitative estimate of drug-likeness (QED) is 0.0217. The number of phosphoric acid groups is 1. The maximum absolute atomic E-state index is 12.7. The van der Waals surface area contributed by atoms with Crippen LogP contribution in [0.25, 0.3) is 0 Å². The number of hydrogen-bond acceptors (Lipinski definition) is 7. The lowest BCUT2D eigenvalue weighted by atomic mass is 10.1. The molecule has 0 heterocycles. The van der Waals surface area contributed by atoms with Gasteiger partial charge in [0.05, 0.1) is 27.7 Å². The molecule has 0 amide bonds. The molecule has 314 valence electrons. The second-order valence-corrected chi connectivity index (χ2v) is 16.8. The normalized spacial score (nSPS) is 14.1. The third-order valence-electron chi connectivity index (χ3n) is 8.84. The van der Waals surface area contributed by atoms with Gasteiger partial charge in [0, 0.05) is 12.8 Å². The number of carbonyl (C=O) groups excluding carboxylic acids is 2. The summed E-state index contributed by atoms with van der Waals surface area (Å²) < 4.78 is 34.2. The van der Waals surface area contributed by atoms with Crippen LogP contribution in [0.15, 0.2) is 48.6 Å². The van der Waals surface area contributed by atoms with E-state index in [1.54, 1.807) is 0 Å². The van der Waals surface area contributed by atoms with Crippen LogP contribution in [0.2, 0.25) is 0 Å². The fourth-order valence-corrected chi connectivity index (χ4v) is 6.23. The van der Waals surface area contributed by atoms with Gasteiger partial charge in [-0.15, -0.1) is 0 Å². The van der Waals surface area contributed by atoms with Gasteiger partial charge >= 0.3 is 19.8 Å². The summed E-state index contributed by atoms with van der Waals surface area (Å²) in [5.41, 5.74) is 0. The summed E-state index contributed by atoms with van der Waals surface area (Å²) in [7, 11) is 1.45. The van der Waals surface area contributed by atoms with Gasteiger partial charge < -0.3 is 18.9 Å². The molecule has 0 fully saturated rings. The van der Waals surface area contributed by atoms with Crippen molar-refractivity contribution in [3.05, 3.63) is 48.6 Å². The molecule has 54 heavy (non-hydrogen) atoms. The zero-order valence-corrected chi connectivity index (χ0v) is 36.1. The van der Waals surface area contributed by atoms with Gasteiger partial charge in [0.1, 0.15) is 19.8 Å². The summed E-state index contributed by atoms with van der Waals surface area (Å²) in [6.45, 7) is 4.26. The van der Waals surface area contributed by atoms with Gasteiger partial charge in [-0.25, -0.2) is 4.57 Å². The fraction of sp³-hybridized carbons (Fsp3) is 0.773. The topological polar surface area (TPSA) is 108 Å². The van der Waals surface area contributed by atoms with Gasteiger partial charge in [0.25, 0.3) is 0 Å². The number of quaternary nitrogens is 1. The number of allylic oxidation sites excluding steroid dienone is 8. The summed E-state index contributed by atoms with van der Waals surface area (Å²) in [5, 5.41) is 0. The van der Waals surface area contributed by atoms with E-state index in [0.717, 1.165) is 89.9 Å². The Labute approximate surface area is 331 Å². The highest BCUT2D eigenvalue weighted by Crippen LogP contribution is 2.43. The molecule has 0 radical (unpaired) electrons. The zero-order chi connectivity index (χ0) is 40.0. The first-order chi connectivity index (χ1) is 26.0. The predicted octanol–water partition coefficient (Wildman–Crippen LogP) is 11.9. The lowest BCUT2D eigenvalue weighted by molar-refractivity contribution is -0.870. The lowest BCUT2D eigenvalue weighted by Gasteiger charge is -2.24. The number of rotatable bonds is 38. The van der Waals surface area contributed by atoms with Crippen LogP contribution in [-0.2, 0) is 32.7 Å². The summed E-state index contributed by atoms with van der Waals surface area (Å²) in [6.07, 6.45) is 41.5. The first-order valence-electron chi connectivity index (χ1n) is 21.4. The van der Waals surface area contributed by atoms with Gasteiger partial charge in [-0.05, 0) is 70.6 Å². The van der Waals surface area contributed by atoms with Crippen molar-refractivity contribution in [1.29, 1.82) is 0 Å². The monoisotopic (exact) mass is 783 g/mol. The average Bonchev–Trinajstić information content (AvgIpc) is 3.12. The molecule has 0 saturated carbocycles. The molecule has 0 saturated heterocycles. The molecule has 0 aromatic heterocycles. The minimum atomic E-state index is -4.38. The number of esters is 2. The van der Waals surface area contributed by atoms with Crippen LogP contribution in [0.1, 0.15) is 168 Å². The highest BCUT2D eigenvalue weighted by atomic mass is 31.2. The number of unbranched alkanes of at least 4 members (excludes halogenated alkanes) is 16. The molecule has 9 nitrogen and oxygen atoms in total. The number of likely N-dealkylation sites (N-methyl/N-ethyl adjacent to an activating group) is 1. The Balaban J connectivity index is 4.42. The van der Waals surface area contributed by atoms with Crippen molar-refractivity contribution in [1.82, 2.24) is 0 Å². The van der Waals surface area contributed by atoms with Crippen LogP contribution in [0.5, 0.6) is 0 Å². The minimum absolute atomic E-state index is 0.0253. The highest BCUT2D eigenvalue weighted by molar-refractivity contribution is 7.47. The van der Waals surface area contributed by atoms with Crippen molar-refractivity contribution in [3.63, 3.8) is 0 Å². The number of carbonyl (C=O) groups is 2. The molecule has 0 aliphatic heterocycles. The third kappa shape index (κ3) is 39.7. The molecule has 2 atom stereocenters. The van der Waals surface area contributed by atoms with E-state index >= 15 is 0 Å². The molecular formula is C44H81NO8P+. The second kappa shape index (κ2) is 36.6. The Morgan fingerprint density at radius 2 is 1.06 bits per heavy atom. The van der Waals surface area contributed by atoms with Crippen molar-refractivity contribution in [2.45, 2.75) is 174 Å². The molecule has 10 heteroatoms. The molecule has 0 aliphatic rings. The second-order valence-electron chi connectivity index (χ2n) is 15.3. The Kier molecular flexibility index (Phi) is 35.2. The molecule has 0 aromatic rings. The van der Waals surface area contributed by atoms with Gasteiger partial charge in [-0.2, -0.15) is 0 Å². The summed E-state index contributed by atoms with van der Waals surface area (Å²) >= 11 is 0. The van der Waals surface area contributed by atoms with Crippen molar-refractivity contribution in [2.24, 2.45) is 0 Å². The standard InChI is InChI=1S/C44H80NO8P/c1-6-8-10-12-14-16-18-20-22-24-26-28-30-32-34-36-43(46)50-40-42(41-52-54(48,49)51-39-38-45(3,4)5)53-44(47)37-35-33-31-29-27-25-23-21-19-17-15-13-11-9-7-2/h9,11,15,17,20-23,42H,6-8,10,12-14,16,18-19,24-41H2,1-5H3/p+1/b11-9-,17-15-,22-20-,23-21-/t42-/m1/s1. The van der Waals surface area contributed by atoms with Crippen molar-refractivity contribution in [2.75, 3.05) is 47.5 Å². The van der Waals surface area contributed by atoms with E-state index in [2.05, 4.69) is 62.5 Å². The van der Waals surface area contributed by atoms with Crippen LogP contribution in [-0.4, -0.2) is 74.9 Å². The number of ether oxygens (including phenoxy) is 2. The van der Waals surface area contributed by atoms with Crippen molar-refractivity contribution < 1.29 is 42.1 Å². The minimum Gasteiger partial charge on any atom is -0.462 e. The van der Waals surface area contributed by atoms with Crippen molar-refractivity contribution in [3.8, 4) is 0 Å². The summed E-state index contributed by atoms with van der Waals surface area (Å²) in [5.74, 6) is -0.831. The smallest absolute Gasteiger partial charge is 0.462 e. The molecule has 0 bridgehead atoms. The van der Waals surface area contributed by atoms with E-state index in [-0.39, 0.29) is 32.0 Å². The van der Waals surface area contributed by atoms with Crippen molar-refractivity contribution >= 4 is 19.8 Å². The molecule has 0 aromatic carbocycles. The Hall–Kier alpha value is -2.03. The molecule has 1 unspecified atom stereocenters. The maximum atomic E-state index is 12.7. The largest absolute Gasteiger partial charge is 0.472 e. The van der Waals surface area contributed by atoms with E-state index in [0.29, 0.717) is 17.4 Å². The molecule has 1 N–H and O–H groups in total. The first-order valence-corrected chi connectivity index (χ1v) is 22.9. The zero-order valence-electron chi connectivity index (χ0n) is 35.2. The van der Waals surface area contributed by atoms with Crippen LogP contribution >= 0.6 is 7.82 Å². The van der Waals surface area contributed by atoms with E-state index < -0.39 is 26.5 Å². The number of phosphoric ester groups is 1. The van der Waals surface area contributed by atoms with Crippen LogP contribution in [0.3, 0.4) is 0 Å². The number of nitrogens with zero attached hydrogens (tertiary/aromatic N) is 1. The van der Waals surface area contributed by atoms with E-state index in [9.17, 15) is 19.0 Å². The average molecular weight is 783 g/mol. The van der Waals surface area contributed by atoms with E-state index in [1.807, 2.05) is 21.1 Å². The van der Waals surface area contributed by atoms with Crippen LogP contribution in [0.4, 0.5) is 0 Å². The SMILES string of the molecule is CC/C=C\C/C=C\C/C=C\CCCCCCCC(=O)O[C@H](COC(=O)CCCCCCC/C=C\CCCCCCCC)COP(=O)(O)OCC[N+](C)(C)C. The first kappa shape index (κ1) is 52.0. The lowest BCUT2D eigenvalue weighted by Crippen LogP contribution is -2.37. The Morgan fingerprint density at radius 3 is 1.59 bits per heavy atom. The Morgan fingerprint density at radius 1 is 0.593 bits per heavy atom. The summed E-state index contributed by atoms with van der Waals surface area (Å²) in [4.78, 5) is 35.3. The summed E-state index contributed by atoms with van der Waals surface area (Å²) in [6, 6.07) is 0. The van der Waals surface area contributed by atoms with E-state index in [1.165, 1.54) is 44.9 Å². The number of hydrogen-bond donors (Lipinski definition) is 1.